The molecule has 1 unspecified atom stereocenters. The van der Waals surface area contributed by atoms with Crippen LogP contribution >= 0.6 is 22.9 Å². The van der Waals surface area contributed by atoms with Gasteiger partial charge < -0.3 is 11.1 Å². The van der Waals surface area contributed by atoms with Gasteiger partial charge in [-0.05, 0) is 20.0 Å². The molecule has 0 saturated heterocycles. The Morgan fingerprint density at radius 2 is 2.33 bits per heavy atom. The van der Waals surface area contributed by atoms with Crippen LogP contribution in [0.1, 0.15) is 22.3 Å². The molecular weight excluding hydrogens is 268 g/mol. The maximum atomic E-state index is 5.97. The topological polar surface area (TPSA) is 63.8 Å². The molecular formula is C12H15ClN4S. The van der Waals surface area contributed by atoms with E-state index < -0.39 is 0 Å². The molecule has 4 nitrogen and oxygen atoms in total. The Hall–Kier alpha value is -1.17. The molecule has 0 fully saturated rings. The molecule has 0 radical (unpaired) electrons. The van der Waals surface area contributed by atoms with Crippen LogP contribution < -0.4 is 11.1 Å². The molecule has 3 N–H and O–H groups in total. The Morgan fingerprint density at radius 1 is 1.56 bits per heavy atom. The number of aromatic nitrogens is 2. The van der Waals surface area contributed by atoms with Crippen molar-refractivity contribution in [2.45, 2.75) is 19.4 Å². The standard InChI is InChI=1S/C12H15ClN4S/c1-7-6-18-11(17-7)4-10(15-2)9-3-8(13)5-16-12(9)14/h3,5-6,10,15H,4H2,1-2H3,(H2,14,16). The van der Waals surface area contributed by atoms with E-state index >= 15 is 0 Å². The van der Waals surface area contributed by atoms with Crippen LogP contribution in [0.2, 0.25) is 5.02 Å². The fraction of sp³-hybridized carbons (Fsp3) is 0.333. The average Bonchev–Trinajstić information content (AvgIpc) is 2.75. The Morgan fingerprint density at radius 3 is 2.94 bits per heavy atom. The summed E-state index contributed by atoms with van der Waals surface area (Å²) < 4.78 is 0. The van der Waals surface area contributed by atoms with Crippen LogP contribution in [0.15, 0.2) is 17.6 Å². The maximum absolute atomic E-state index is 5.97. The van der Waals surface area contributed by atoms with Crippen LogP contribution in [-0.4, -0.2) is 17.0 Å². The molecule has 0 spiro atoms. The molecule has 0 aromatic carbocycles. The molecule has 18 heavy (non-hydrogen) atoms. The van der Waals surface area contributed by atoms with Gasteiger partial charge in [-0.2, -0.15) is 0 Å². The van der Waals surface area contributed by atoms with Crippen LogP contribution in [0.25, 0.3) is 0 Å². The first kappa shape index (κ1) is 13.3. The zero-order valence-corrected chi connectivity index (χ0v) is 11.8. The lowest BCUT2D eigenvalue weighted by Crippen LogP contribution is -2.20. The summed E-state index contributed by atoms with van der Waals surface area (Å²) in [5.74, 6) is 0.507. The highest BCUT2D eigenvalue weighted by atomic mass is 35.5. The van der Waals surface area contributed by atoms with Crippen molar-refractivity contribution in [1.82, 2.24) is 15.3 Å². The van der Waals surface area contributed by atoms with Crippen molar-refractivity contribution in [3.63, 3.8) is 0 Å². The molecule has 2 rings (SSSR count). The minimum absolute atomic E-state index is 0.0711. The van der Waals surface area contributed by atoms with Gasteiger partial charge in [0.15, 0.2) is 0 Å². The largest absolute Gasteiger partial charge is 0.383 e. The van der Waals surface area contributed by atoms with E-state index in [9.17, 15) is 0 Å². The van der Waals surface area contributed by atoms with Crippen molar-refractivity contribution in [2.75, 3.05) is 12.8 Å². The molecule has 2 heterocycles. The maximum Gasteiger partial charge on any atom is 0.128 e. The summed E-state index contributed by atoms with van der Waals surface area (Å²) >= 11 is 7.62. The highest BCUT2D eigenvalue weighted by Crippen LogP contribution is 2.25. The minimum atomic E-state index is 0.0711. The summed E-state index contributed by atoms with van der Waals surface area (Å²) in [4.78, 5) is 8.54. The zero-order chi connectivity index (χ0) is 13.1. The number of rotatable bonds is 4. The monoisotopic (exact) mass is 282 g/mol. The lowest BCUT2D eigenvalue weighted by atomic mass is 10.1. The fourth-order valence-electron chi connectivity index (χ4n) is 1.78. The number of pyridine rings is 1. The van der Waals surface area contributed by atoms with Gasteiger partial charge in [0.05, 0.1) is 10.0 Å². The number of anilines is 1. The first-order valence-corrected chi connectivity index (χ1v) is 6.85. The van der Waals surface area contributed by atoms with Crippen molar-refractivity contribution in [3.8, 4) is 0 Å². The minimum Gasteiger partial charge on any atom is -0.383 e. The predicted octanol–water partition coefficient (Wildman–Crippen LogP) is 2.59. The van der Waals surface area contributed by atoms with E-state index in [0.29, 0.717) is 10.8 Å². The van der Waals surface area contributed by atoms with E-state index in [-0.39, 0.29) is 6.04 Å². The van der Waals surface area contributed by atoms with Gasteiger partial charge in [-0.15, -0.1) is 11.3 Å². The van der Waals surface area contributed by atoms with Crippen molar-refractivity contribution < 1.29 is 0 Å². The van der Waals surface area contributed by atoms with E-state index in [1.807, 2.05) is 25.4 Å². The van der Waals surface area contributed by atoms with Gasteiger partial charge in [-0.25, -0.2) is 9.97 Å². The molecule has 96 valence electrons. The molecule has 0 aliphatic rings. The summed E-state index contributed by atoms with van der Waals surface area (Å²) in [6.07, 6.45) is 2.34. The molecule has 0 amide bonds. The summed E-state index contributed by atoms with van der Waals surface area (Å²) in [7, 11) is 1.89. The number of thiazole rings is 1. The second kappa shape index (κ2) is 5.65. The van der Waals surface area contributed by atoms with Gasteiger partial charge in [0.25, 0.3) is 0 Å². The Bertz CT molecular complexity index is 541. The van der Waals surface area contributed by atoms with Crippen molar-refractivity contribution >= 4 is 28.8 Å². The predicted molar refractivity (Wildman–Crippen MR) is 76.0 cm³/mol. The van der Waals surface area contributed by atoms with E-state index in [4.69, 9.17) is 17.3 Å². The highest BCUT2D eigenvalue weighted by Gasteiger charge is 2.16. The number of likely N-dealkylation sites (N-methyl/N-ethyl adjacent to an activating group) is 1. The van der Waals surface area contributed by atoms with Gasteiger partial charge in [0, 0.05) is 35.3 Å². The third kappa shape index (κ3) is 2.98. The lowest BCUT2D eigenvalue weighted by molar-refractivity contribution is 0.590. The number of hydrogen-bond acceptors (Lipinski definition) is 5. The lowest BCUT2D eigenvalue weighted by Gasteiger charge is -2.17. The number of nitrogens with two attached hydrogens (primary N) is 1. The summed E-state index contributed by atoms with van der Waals surface area (Å²) in [5, 5.41) is 6.94. The molecule has 0 aliphatic heterocycles. The Labute approximate surface area is 115 Å². The van der Waals surface area contributed by atoms with Gasteiger partial charge in [-0.1, -0.05) is 11.6 Å². The third-order valence-electron chi connectivity index (χ3n) is 2.69. The second-order valence-electron chi connectivity index (χ2n) is 4.06. The normalized spacial score (nSPS) is 12.6. The Balaban J connectivity index is 2.25. The van der Waals surface area contributed by atoms with E-state index in [1.54, 1.807) is 17.5 Å². The molecule has 0 saturated carbocycles. The summed E-state index contributed by atoms with van der Waals surface area (Å²) in [6, 6.07) is 1.92. The van der Waals surface area contributed by atoms with Crippen LogP contribution in [0, 0.1) is 6.92 Å². The summed E-state index contributed by atoms with van der Waals surface area (Å²) in [5.41, 5.74) is 7.86. The number of nitrogens with zero attached hydrogens (tertiary/aromatic N) is 2. The van der Waals surface area contributed by atoms with E-state index in [1.165, 1.54) is 0 Å². The molecule has 0 aliphatic carbocycles. The van der Waals surface area contributed by atoms with Crippen molar-refractivity contribution in [2.24, 2.45) is 0 Å². The fourth-order valence-corrected chi connectivity index (χ4v) is 2.77. The third-order valence-corrected chi connectivity index (χ3v) is 3.88. The van der Waals surface area contributed by atoms with Crippen molar-refractivity contribution in [3.05, 3.63) is 38.9 Å². The van der Waals surface area contributed by atoms with E-state index in [2.05, 4.69) is 15.3 Å². The molecule has 2 aromatic rings. The van der Waals surface area contributed by atoms with Gasteiger partial charge >= 0.3 is 0 Å². The zero-order valence-electron chi connectivity index (χ0n) is 10.3. The highest BCUT2D eigenvalue weighted by molar-refractivity contribution is 7.09. The van der Waals surface area contributed by atoms with Crippen LogP contribution in [0.5, 0.6) is 0 Å². The van der Waals surface area contributed by atoms with Gasteiger partial charge in [-0.3, -0.25) is 0 Å². The van der Waals surface area contributed by atoms with Gasteiger partial charge in [0.2, 0.25) is 0 Å². The summed E-state index contributed by atoms with van der Waals surface area (Å²) in [6.45, 7) is 1.99. The first-order chi connectivity index (χ1) is 8.60. The quantitative estimate of drug-likeness (QED) is 0.905. The van der Waals surface area contributed by atoms with Crippen LogP contribution in [0.3, 0.4) is 0 Å². The smallest absolute Gasteiger partial charge is 0.128 e. The number of nitrogens with one attached hydrogen (secondary N) is 1. The van der Waals surface area contributed by atoms with Crippen LogP contribution in [0.4, 0.5) is 5.82 Å². The number of nitrogen functional groups attached to an aromatic ring is 1. The Kier molecular flexibility index (Phi) is 4.16. The molecule has 2 aromatic heterocycles. The van der Waals surface area contributed by atoms with Gasteiger partial charge in [0.1, 0.15) is 5.82 Å². The first-order valence-electron chi connectivity index (χ1n) is 5.59. The number of aryl methyl sites for hydroxylation is 1. The average molecular weight is 283 g/mol. The molecule has 0 bridgehead atoms. The molecule has 6 heteroatoms. The number of halogens is 1. The SMILES string of the molecule is CNC(Cc1nc(C)cs1)c1cc(Cl)cnc1N. The van der Waals surface area contributed by atoms with Crippen molar-refractivity contribution in [1.29, 1.82) is 0 Å². The second-order valence-corrected chi connectivity index (χ2v) is 5.44. The number of hydrogen-bond donors (Lipinski definition) is 2. The van der Waals surface area contributed by atoms with E-state index in [0.717, 1.165) is 22.7 Å². The molecule has 1 atom stereocenters. The van der Waals surface area contributed by atoms with Crippen LogP contribution in [-0.2, 0) is 6.42 Å².